The molecule has 0 aromatic heterocycles. The lowest BCUT2D eigenvalue weighted by Crippen LogP contribution is -2.54. The molecule has 9 heteroatoms. The predicted octanol–water partition coefficient (Wildman–Crippen LogP) is 5.08. The maximum absolute atomic E-state index is 14.0. The number of likely N-dealkylation sites (N-methyl/N-ethyl adjacent to an activating group) is 1. The number of nitrogens with zero attached hydrogens (tertiary/aromatic N) is 2. The van der Waals surface area contributed by atoms with Gasteiger partial charge in [0, 0.05) is 30.5 Å². The summed E-state index contributed by atoms with van der Waals surface area (Å²) in [5.74, 6) is -0.658. The minimum Gasteiger partial charge on any atom is -0.352 e. The first-order valence-corrected chi connectivity index (χ1v) is 15.8. The summed E-state index contributed by atoms with van der Waals surface area (Å²) in [5, 5.41) is 3.17. The van der Waals surface area contributed by atoms with Crippen LogP contribution in [0.5, 0.6) is 0 Å². The Kier molecular flexibility index (Phi) is 10.2. The number of halogens is 1. The maximum Gasteiger partial charge on any atom is 0.243 e. The van der Waals surface area contributed by atoms with E-state index in [1.165, 1.54) is 11.9 Å². The number of benzene rings is 3. The van der Waals surface area contributed by atoms with Gasteiger partial charge in [-0.2, -0.15) is 4.31 Å². The Labute approximate surface area is 245 Å². The molecule has 0 saturated heterocycles. The van der Waals surface area contributed by atoms with Crippen LogP contribution in [0.25, 0.3) is 0 Å². The van der Waals surface area contributed by atoms with E-state index in [-0.39, 0.29) is 23.4 Å². The van der Waals surface area contributed by atoms with E-state index in [1.54, 1.807) is 24.3 Å². The van der Waals surface area contributed by atoms with Crippen LogP contribution in [-0.2, 0) is 32.6 Å². The normalized spacial score (nSPS) is 14.7. The van der Waals surface area contributed by atoms with Gasteiger partial charge in [-0.15, -0.1) is 0 Å². The van der Waals surface area contributed by atoms with E-state index in [4.69, 9.17) is 0 Å². The number of aryl methyl sites for hydroxylation is 1. The van der Waals surface area contributed by atoms with Crippen LogP contribution >= 0.6 is 15.9 Å². The second-order valence-corrected chi connectivity index (χ2v) is 13.4. The molecule has 0 bridgehead atoms. The minimum atomic E-state index is -3.91. The zero-order valence-corrected chi connectivity index (χ0v) is 25.3. The smallest absolute Gasteiger partial charge is 0.243 e. The van der Waals surface area contributed by atoms with Gasteiger partial charge in [-0.3, -0.25) is 9.59 Å². The van der Waals surface area contributed by atoms with E-state index >= 15 is 0 Å². The first-order chi connectivity index (χ1) is 19.1. The van der Waals surface area contributed by atoms with Crippen LogP contribution in [0, 0.1) is 6.92 Å². The van der Waals surface area contributed by atoms with Gasteiger partial charge in [-0.25, -0.2) is 8.42 Å². The minimum absolute atomic E-state index is 0.0833. The summed E-state index contributed by atoms with van der Waals surface area (Å²) in [5.41, 5.74) is 2.70. The highest BCUT2D eigenvalue weighted by Crippen LogP contribution is 2.22. The number of rotatable bonds is 11. The number of sulfonamides is 1. The van der Waals surface area contributed by atoms with Crippen molar-refractivity contribution in [1.29, 1.82) is 0 Å². The molecule has 1 atom stereocenters. The number of amides is 2. The zero-order valence-electron chi connectivity index (χ0n) is 22.9. The Morgan fingerprint density at radius 3 is 2.17 bits per heavy atom. The highest BCUT2D eigenvalue weighted by Gasteiger charge is 2.34. The summed E-state index contributed by atoms with van der Waals surface area (Å²) in [6.07, 6.45) is 4.29. The van der Waals surface area contributed by atoms with Crippen molar-refractivity contribution in [3.63, 3.8) is 0 Å². The SMILES string of the molecule is Cc1ccc(S(=O)(=O)N(C)CC(=O)N(Cc2ccc(Br)cc2)[C@H](Cc2ccccc2)C(=O)NC2CCCC2)cc1. The van der Waals surface area contributed by atoms with Crippen molar-refractivity contribution in [2.75, 3.05) is 13.6 Å². The van der Waals surface area contributed by atoms with Gasteiger partial charge in [0.2, 0.25) is 21.8 Å². The molecule has 3 aromatic rings. The summed E-state index contributed by atoms with van der Waals surface area (Å²) < 4.78 is 28.5. The standard InChI is InChI=1S/C31H36BrN3O4S/c1-23-12-18-28(19-13-23)40(38,39)34(2)22-30(36)35(21-25-14-16-26(32)17-15-25)29(20-24-8-4-3-5-9-24)31(37)33-27-10-6-7-11-27/h3-5,8-9,12-19,27,29H,6-7,10-11,20-22H2,1-2H3,(H,33,37)/t29-/m1/s1. The van der Waals surface area contributed by atoms with Gasteiger partial charge >= 0.3 is 0 Å². The topological polar surface area (TPSA) is 86.8 Å². The van der Waals surface area contributed by atoms with Crippen molar-refractivity contribution in [3.8, 4) is 0 Å². The summed E-state index contributed by atoms with van der Waals surface area (Å²) in [4.78, 5) is 29.4. The monoisotopic (exact) mass is 625 g/mol. The fourth-order valence-electron chi connectivity index (χ4n) is 4.96. The highest BCUT2D eigenvalue weighted by atomic mass is 79.9. The summed E-state index contributed by atoms with van der Waals surface area (Å²) in [7, 11) is -2.51. The first-order valence-electron chi connectivity index (χ1n) is 13.5. The van der Waals surface area contributed by atoms with Crippen LogP contribution in [0.1, 0.15) is 42.4 Å². The molecule has 0 radical (unpaired) electrons. The average Bonchev–Trinajstić information content (AvgIpc) is 3.45. The highest BCUT2D eigenvalue weighted by molar-refractivity contribution is 9.10. The number of nitrogens with one attached hydrogen (secondary N) is 1. The van der Waals surface area contributed by atoms with Crippen LogP contribution in [0.15, 0.2) is 88.2 Å². The fourth-order valence-corrected chi connectivity index (χ4v) is 6.35. The molecule has 212 valence electrons. The van der Waals surface area contributed by atoms with Gasteiger partial charge in [0.05, 0.1) is 11.4 Å². The summed E-state index contributed by atoms with van der Waals surface area (Å²) in [6, 6.07) is 23.0. The lowest BCUT2D eigenvalue weighted by Gasteiger charge is -2.33. The molecular formula is C31H36BrN3O4S. The third-order valence-corrected chi connectivity index (χ3v) is 9.67. The van der Waals surface area contributed by atoms with Gasteiger partial charge in [-0.1, -0.05) is 88.9 Å². The van der Waals surface area contributed by atoms with Crippen LogP contribution in [0.3, 0.4) is 0 Å². The molecule has 1 aliphatic rings. The number of hydrogen-bond acceptors (Lipinski definition) is 4. The lowest BCUT2D eigenvalue weighted by molar-refractivity contribution is -0.141. The van der Waals surface area contributed by atoms with E-state index in [0.717, 1.165) is 51.2 Å². The molecule has 4 rings (SSSR count). The molecule has 7 nitrogen and oxygen atoms in total. The van der Waals surface area contributed by atoms with Crippen LogP contribution in [0.2, 0.25) is 0 Å². The van der Waals surface area contributed by atoms with Crippen LogP contribution in [0.4, 0.5) is 0 Å². The molecular weight excluding hydrogens is 590 g/mol. The van der Waals surface area contributed by atoms with E-state index in [2.05, 4.69) is 21.2 Å². The quantitative estimate of drug-likeness (QED) is 0.322. The third kappa shape index (κ3) is 7.80. The Balaban J connectivity index is 1.65. The van der Waals surface area contributed by atoms with Gasteiger partial charge < -0.3 is 10.2 Å². The summed E-state index contributed by atoms with van der Waals surface area (Å²) in [6.45, 7) is 1.65. The summed E-state index contributed by atoms with van der Waals surface area (Å²) >= 11 is 3.45. The second kappa shape index (κ2) is 13.6. The predicted molar refractivity (Wildman–Crippen MR) is 160 cm³/mol. The largest absolute Gasteiger partial charge is 0.352 e. The molecule has 1 aliphatic carbocycles. The zero-order chi connectivity index (χ0) is 28.7. The number of carbonyl (C=O) groups excluding carboxylic acids is 2. The van der Waals surface area contributed by atoms with Crippen molar-refractivity contribution >= 4 is 37.8 Å². The van der Waals surface area contributed by atoms with Crippen molar-refractivity contribution in [3.05, 3.63) is 100 Å². The maximum atomic E-state index is 14.0. The fraction of sp³-hybridized carbons (Fsp3) is 0.355. The third-order valence-electron chi connectivity index (χ3n) is 7.33. The Hall–Kier alpha value is -3.01. The molecule has 3 aromatic carbocycles. The van der Waals surface area contributed by atoms with Crippen LogP contribution < -0.4 is 5.32 Å². The van der Waals surface area contributed by atoms with Crippen molar-refractivity contribution in [2.24, 2.45) is 0 Å². The Bertz CT molecular complexity index is 1390. The molecule has 1 saturated carbocycles. The van der Waals surface area contributed by atoms with E-state index < -0.39 is 28.5 Å². The van der Waals surface area contributed by atoms with Gasteiger partial charge in [0.15, 0.2) is 0 Å². The molecule has 2 amide bonds. The Morgan fingerprint density at radius 1 is 0.925 bits per heavy atom. The van der Waals surface area contributed by atoms with Gasteiger partial charge in [0.25, 0.3) is 0 Å². The molecule has 0 aliphatic heterocycles. The number of hydrogen-bond donors (Lipinski definition) is 1. The van der Waals surface area contributed by atoms with Gasteiger partial charge in [0.1, 0.15) is 6.04 Å². The molecule has 0 spiro atoms. The first kappa shape index (κ1) is 30.0. The Morgan fingerprint density at radius 2 is 1.55 bits per heavy atom. The molecule has 0 unspecified atom stereocenters. The lowest BCUT2D eigenvalue weighted by atomic mass is 10.0. The van der Waals surface area contributed by atoms with Crippen molar-refractivity contribution < 1.29 is 18.0 Å². The van der Waals surface area contributed by atoms with Crippen molar-refractivity contribution in [2.45, 2.75) is 62.6 Å². The molecule has 0 heterocycles. The average molecular weight is 627 g/mol. The van der Waals surface area contributed by atoms with Gasteiger partial charge in [-0.05, 0) is 55.2 Å². The van der Waals surface area contributed by atoms with E-state index in [9.17, 15) is 18.0 Å². The van der Waals surface area contributed by atoms with Crippen molar-refractivity contribution in [1.82, 2.24) is 14.5 Å². The second-order valence-electron chi connectivity index (χ2n) is 10.4. The van der Waals surface area contributed by atoms with E-state index in [1.807, 2.05) is 61.5 Å². The molecule has 1 N–H and O–H groups in total. The van der Waals surface area contributed by atoms with Crippen LogP contribution in [-0.4, -0.2) is 55.1 Å². The molecule has 1 fully saturated rings. The molecule has 40 heavy (non-hydrogen) atoms. The van der Waals surface area contributed by atoms with E-state index in [0.29, 0.717) is 6.42 Å². The number of carbonyl (C=O) groups is 2.